The van der Waals surface area contributed by atoms with Crippen molar-refractivity contribution in [3.63, 3.8) is 0 Å². The standard InChI is InChI=1S/C12H16O3/c1-8-6-9(2)12(13)14-5-3-4-10(8)11-7-15-11/h4,6,9,11H,3,5,7H2,1-2H3. The average Bonchev–Trinajstić information content (AvgIpc) is 2.99. The van der Waals surface area contributed by atoms with Gasteiger partial charge in [-0.1, -0.05) is 12.2 Å². The van der Waals surface area contributed by atoms with Gasteiger partial charge in [-0.25, -0.2) is 0 Å². The van der Waals surface area contributed by atoms with Crippen LogP contribution in [0.15, 0.2) is 23.3 Å². The van der Waals surface area contributed by atoms with Crippen LogP contribution in [0.2, 0.25) is 0 Å². The summed E-state index contributed by atoms with van der Waals surface area (Å²) >= 11 is 0. The summed E-state index contributed by atoms with van der Waals surface area (Å²) in [6.45, 7) is 5.17. The monoisotopic (exact) mass is 208 g/mol. The zero-order chi connectivity index (χ0) is 10.8. The molecule has 0 saturated carbocycles. The molecule has 0 radical (unpaired) electrons. The maximum Gasteiger partial charge on any atom is 0.312 e. The summed E-state index contributed by atoms with van der Waals surface area (Å²) in [7, 11) is 0. The normalized spacial score (nSPS) is 31.7. The first-order valence-corrected chi connectivity index (χ1v) is 5.35. The number of carbonyl (C=O) groups excluding carboxylic acids is 1. The number of hydrogen-bond acceptors (Lipinski definition) is 3. The second-order valence-corrected chi connectivity index (χ2v) is 4.08. The number of esters is 1. The quantitative estimate of drug-likeness (QED) is 0.487. The van der Waals surface area contributed by atoms with E-state index in [1.54, 1.807) is 0 Å². The van der Waals surface area contributed by atoms with Gasteiger partial charge in [0.1, 0.15) is 6.10 Å². The molecule has 0 aromatic carbocycles. The lowest BCUT2D eigenvalue weighted by atomic mass is 9.99. The van der Waals surface area contributed by atoms with Crippen LogP contribution in [0, 0.1) is 5.92 Å². The van der Waals surface area contributed by atoms with Gasteiger partial charge < -0.3 is 9.47 Å². The molecule has 1 fully saturated rings. The lowest BCUT2D eigenvalue weighted by molar-refractivity contribution is -0.146. The fourth-order valence-electron chi connectivity index (χ4n) is 1.82. The molecule has 0 amide bonds. The van der Waals surface area contributed by atoms with Crippen LogP contribution in [0.3, 0.4) is 0 Å². The van der Waals surface area contributed by atoms with Crippen molar-refractivity contribution in [2.75, 3.05) is 13.2 Å². The summed E-state index contributed by atoms with van der Waals surface area (Å²) in [5.74, 6) is -0.300. The third kappa shape index (κ3) is 2.48. The van der Waals surface area contributed by atoms with Crippen molar-refractivity contribution in [2.45, 2.75) is 26.4 Å². The molecule has 2 heterocycles. The van der Waals surface area contributed by atoms with Gasteiger partial charge in [-0.3, -0.25) is 4.79 Å². The molecule has 2 atom stereocenters. The van der Waals surface area contributed by atoms with E-state index >= 15 is 0 Å². The van der Waals surface area contributed by atoms with Gasteiger partial charge in [0.25, 0.3) is 0 Å². The number of ether oxygens (including phenoxy) is 2. The average molecular weight is 208 g/mol. The third-order valence-corrected chi connectivity index (χ3v) is 2.73. The third-order valence-electron chi connectivity index (χ3n) is 2.73. The maximum atomic E-state index is 11.4. The van der Waals surface area contributed by atoms with E-state index in [0.29, 0.717) is 6.61 Å². The Hall–Kier alpha value is -1.09. The molecule has 0 aromatic heterocycles. The summed E-state index contributed by atoms with van der Waals surface area (Å²) in [5.41, 5.74) is 2.36. The molecule has 2 rings (SSSR count). The van der Waals surface area contributed by atoms with Crippen LogP contribution < -0.4 is 0 Å². The Kier molecular flexibility index (Phi) is 2.91. The van der Waals surface area contributed by atoms with E-state index in [1.807, 2.05) is 19.9 Å². The van der Waals surface area contributed by atoms with Gasteiger partial charge in [-0.15, -0.1) is 0 Å². The van der Waals surface area contributed by atoms with Crippen molar-refractivity contribution >= 4 is 5.97 Å². The Balaban J connectivity index is 2.21. The van der Waals surface area contributed by atoms with Gasteiger partial charge in [0.2, 0.25) is 0 Å². The molecular weight excluding hydrogens is 192 g/mol. The Morgan fingerprint density at radius 3 is 2.87 bits per heavy atom. The zero-order valence-electron chi connectivity index (χ0n) is 9.16. The minimum Gasteiger partial charge on any atom is -0.465 e. The number of epoxide rings is 1. The number of cyclic esters (lactones) is 1. The van der Waals surface area contributed by atoms with Crippen LogP contribution in [-0.2, 0) is 14.3 Å². The van der Waals surface area contributed by atoms with Gasteiger partial charge in [-0.05, 0) is 25.0 Å². The highest BCUT2D eigenvalue weighted by atomic mass is 16.6. The highest BCUT2D eigenvalue weighted by Gasteiger charge is 2.28. The highest BCUT2D eigenvalue weighted by molar-refractivity contribution is 5.74. The number of rotatable bonds is 1. The molecule has 0 aliphatic carbocycles. The summed E-state index contributed by atoms with van der Waals surface area (Å²) in [4.78, 5) is 11.4. The molecule has 2 aliphatic rings. The molecule has 0 N–H and O–H groups in total. The topological polar surface area (TPSA) is 38.8 Å². The lowest BCUT2D eigenvalue weighted by Gasteiger charge is -2.07. The van der Waals surface area contributed by atoms with Crippen molar-refractivity contribution in [2.24, 2.45) is 5.92 Å². The molecular formula is C12H16O3. The molecule has 2 aliphatic heterocycles. The molecule has 3 nitrogen and oxygen atoms in total. The van der Waals surface area contributed by atoms with Crippen molar-refractivity contribution in [1.82, 2.24) is 0 Å². The van der Waals surface area contributed by atoms with E-state index in [2.05, 4.69) is 6.08 Å². The maximum absolute atomic E-state index is 11.4. The summed E-state index contributed by atoms with van der Waals surface area (Å²) < 4.78 is 10.4. The van der Waals surface area contributed by atoms with E-state index in [0.717, 1.165) is 18.6 Å². The summed E-state index contributed by atoms with van der Waals surface area (Å²) in [6, 6.07) is 0. The van der Waals surface area contributed by atoms with Gasteiger partial charge >= 0.3 is 5.97 Å². The predicted molar refractivity (Wildman–Crippen MR) is 56.3 cm³/mol. The second-order valence-electron chi connectivity index (χ2n) is 4.08. The molecule has 0 bridgehead atoms. The lowest BCUT2D eigenvalue weighted by Crippen LogP contribution is -2.13. The van der Waals surface area contributed by atoms with Crippen LogP contribution in [0.5, 0.6) is 0 Å². The smallest absolute Gasteiger partial charge is 0.312 e. The van der Waals surface area contributed by atoms with Gasteiger partial charge in [0, 0.05) is 6.42 Å². The molecule has 0 aromatic rings. The van der Waals surface area contributed by atoms with Crippen LogP contribution in [0.25, 0.3) is 0 Å². The largest absolute Gasteiger partial charge is 0.465 e. The Labute approximate surface area is 89.8 Å². The Morgan fingerprint density at radius 1 is 1.47 bits per heavy atom. The van der Waals surface area contributed by atoms with Crippen LogP contribution in [0.4, 0.5) is 0 Å². The van der Waals surface area contributed by atoms with Gasteiger partial charge in [0.15, 0.2) is 0 Å². The minimum atomic E-state index is -0.162. The Bertz CT molecular complexity index is 324. The number of hydrogen-bond donors (Lipinski definition) is 0. The van der Waals surface area contributed by atoms with Crippen molar-refractivity contribution < 1.29 is 14.3 Å². The fraction of sp³-hybridized carbons (Fsp3) is 0.583. The minimum absolute atomic E-state index is 0.138. The van der Waals surface area contributed by atoms with Gasteiger partial charge in [-0.2, -0.15) is 0 Å². The second kappa shape index (κ2) is 4.19. The van der Waals surface area contributed by atoms with Crippen LogP contribution in [-0.4, -0.2) is 25.3 Å². The summed E-state index contributed by atoms with van der Waals surface area (Å²) in [5, 5.41) is 0. The predicted octanol–water partition coefficient (Wildman–Crippen LogP) is 1.84. The Morgan fingerprint density at radius 2 is 2.20 bits per heavy atom. The van der Waals surface area contributed by atoms with E-state index in [1.165, 1.54) is 5.57 Å². The fourth-order valence-corrected chi connectivity index (χ4v) is 1.82. The zero-order valence-corrected chi connectivity index (χ0v) is 9.16. The van der Waals surface area contributed by atoms with E-state index in [4.69, 9.17) is 9.47 Å². The van der Waals surface area contributed by atoms with E-state index < -0.39 is 0 Å². The first-order chi connectivity index (χ1) is 7.18. The summed E-state index contributed by atoms with van der Waals surface area (Å²) in [6.07, 6.45) is 5.11. The van der Waals surface area contributed by atoms with E-state index in [9.17, 15) is 4.79 Å². The SMILES string of the molecule is CC1=CC(C)C(=O)OCCC=C1C1CO1. The molecule has 1 saturated heterocycles. The molecule has 15 heavy (non-hydrogen) atoms. The molecule has 0 spiro atoms. The first-order valence-electron chi connectivity index (χ1n) is 5.35. The van der Waals surface area contributed by atoms with Crippen molar-refractivity contribution in [3.05, 3.63) is 23.3 Å². The van der Waals surface area contributed by atoms with Crippen LogP contribution in [0.1, 0.15) is 20.3 Å². The van der Waals surface area contributed by atoms with Crippen molar-refractivity contribution in [1.29, 1.82) is 0 Å². The molecule has 82 valence electrons. The number of carbonyl (C=O) groups is 1. The van der Waals surface area contributed by atoms with Crippen LogP contribution >= 0.6 is 0 Å². The van der Waals surface area contributed by atoms with E-state index in [-0.39, 0.29) is 18.0 Å². The van der Waals surface area contributed by atoms with Gasteiger partial charge in [0.05, 0.1) is 19.1 Å². The molecule has 3 heteroatoms. The highest BCUT2D eigenvalue weighted by Crippen LogP contribution is 2.28. The van der Waals surface area contributed by atoms with Crippen molar-refractivity contribution in [3.8, 4) is 0 Å². The first kappa shape index (κ1) is 10.4. The molecule has 2 unspecified atom stereocenters.